The molecular weight excluding hydrogens is 396 g/mol. The molecule has 0 spiro atoms. The Morgan fingerprint density at radius 2 is 2.21 bits per heavy atom. The van der Waals surface area contributed by atoms with E-state index < -0.39 is 6.04 Å². The van der Waals surface area contributed by atoms with Crippen LogP contribution in [0.5, 0.6) is 0 Å². The third kappa shape index (κ3) is 3.59. The first-order valence-corrected chi connectivity index (χ1v) is 10.3. The third-order valence-corrected chi connectivity index (χ3v) is 6.37. The molecule has 1 amide bonds. The van der Waals surface area contributed by atoms with Crippen molar-refractivity contribution < 1.29 is 4.79 Å². The second kappa shape index (κ2) is 7.85. The van der Waals surface area contributed by atoms with Gasteiger partial charge < -0.3 is 0 Å². The highest BCUT2D eigenvalue weighted by Crippen LogP contribution is 2.33. The van der Waals surface area contributed by atoms with Crippen LogP contribution in [0.25, 0.3) is 10.2 Å². The molecule has 4 rings (SSSR count). The average Bonchev–Trinajstić information content (AvgIpc) is 3.07. The Kier molecular flexibility index (Phi) is 5.28. The van der Waals surface area contributed by atoms with E-state index in [1.807, 2.05) is 6.07 Å². The fourth-order valence-electron chi connectivity index (χ4n) is 3.41. The van der Waals surface area contributed by atoms with Crippen LogP contribution in [0.3, 0.4) is 0 Å². The van der Waals surface area contributed by atoms with Gasteiger partial charge in [0, 0.05) is 9.90 Å². The molecule has 6 nitrogen and oxygen atoms in total. The summed E-state index contributed by atoms with van der Waals surface area (Å²) in [4.78, 5) is 32.0. The molecule has 8 heteroatoms. The smallest absolute Gasteiger partial charge is 0.263 e. The Balaban J connectivity index is 1.56. The zero-order chi connectivity index (χ0) is 19.7. The number of amides is 1. The standard InChI is InChI=1S/C20H19ClN4O2S/c1-12(18(26)24-23-10-13-5-4-6-14(21)9-13)25-11-22-19-17(20(25)27)15-7-2-3-8-16(15)28-19/h4-6,9-12H,2-3,7-8H2,1H3,(H,24,26)/b23-10+/t12-/m0/s1. The van der Waals surface area contributed by atoms with Crippen LogP contribution in [-0.2, 0) is 17.6 Å². The lowest BCUT2D eigenvalue weighted by Crippen LogP contribution is -2.34. The van der Waals surface area contributed by atoms with E-state index >= 15 is 0 Å². The Bertz CT molecular complexity index is 1130. The minimum atomic E-state index is -0.722. The van der Waals surface area contributed by atoms with Gasteiger partial charge in [0.05, 0.1) is 17.9 Å². The lowest BCUT2D eigenvalue weighted by Gasteiger charge is -2.14. The number of hydrogen-bond acceptors (Lipinski definition) is 5. The number of aryl methyl sites for hydroxylation is 2. The zero-order valence-corrected chi connectivity index (χ0v) is 16.9. The summed E-state index contributed by atoms with van der Waals surface area (Å²) in [6.45, 7) is 1.66. The number of nitrogens with zero attached hydrogens (tertiary/aromatic N) is 3. The van der Waals surface area contributed by atoms with Crippen molar-refractivity contribution in [2.75, 3.05) is 0 Å². The van der Waals surface area contributed by atoms with E-state index in [2.05, 4.69) is 15.5 Å². The van der Waals surface area contributed by atoms with Gasteiger partial charge in [-0.15, -0.1) is 11.3 Å². The molecule has 0 radical (unpaired) electrons. The van der Waals surface area contributed by atoms with Crippen LogP contribution in [0, 0.1) is 0 Å². The summed E-state index contributed by atoms with van der Waals surface area (Å²) >= 11 is 7.53. The highest BCUT2D eigenvalue weighted by molar-refractivity contribution is 7.18. The molecule has 0 unspecified atom stereocenters. The minimum Gasteiger partial charge on any atom is -0.286 e. The molecule has 1 aliphatic carbocycles. The molecule has 0 saturated carbocycles. The number of hydrogen-bond donors (Lipinski definition) is 1. The monoisotopic (exact) mass is 414 g/mol. The summed E-state index contributed by atoms with van der Waals surface area (Å²) < 4.78 is 1.38. The number of fused-ring (bicyclic) bond motifs is 3. The van der Waals surface area contributed by atoms with Crippen LogP contribution in [0.15, 0.2) is 40.5 Å². The summed E-state index contributed by atoms with van der Waals surface area (Å²) in [5.74, 6) is -0.384. The second-order valence-corrected chi connectivity index (χ2v) is 8.33. The lowest BCUT2D eigenvalue weighted by molar-refractivity contribution is -0.123. The van der Waals surface area contributed by atoms with Gasteiger partial charge in [0.1, 0.15) is 10.9 Å². The van der Waals surface area contributed by atoms with Crippen molar-refractivity contribution in [3.63, 3.8) is 0 Å². The first-order chi connectivity index (χ1) is 13.5. The number of nitrogens with one attached hydrogen (secondary N) is 1. The number of benzene rings is 1. The second-order valence-electron chi connectivity index (χ2n) is 6.81. The Labute approximate surface area is 170 Å². The molecule has 2 aromatic heterocycles. The fraction of sp³-hybridized carbons (Fsp3) is 0.300. The molecule has 3 aromatic rings. The van der Waals surface area contributed by atoms with Crippen molar-refractivity contribution in [3.8, 4) is 0 Å². The van der Waals surface area contributed by atoms with E-state index in [0.717, 1.165) is 41.6 Å². The molecule has 144 valence electrons. The Morgan fingerprint density at radius 3 is 3.04 bits per heavy atom. The molecule has 1 aromatic carbocycles. The van der Waals surface area contributed by atoms with Crippen molar-refractivity contribution in [3.05, 3.63) is 62.0 Å². The number of thiophene rings is 1. The zero-order valence-electron chi connectivity index (χ0n) is 15.3. The topological polar surface area (TPSA) is 76.3 Å². The lowest BCUT2D eigenvalue weighted by atomic mass is 9.97. The summed E-state index contributed by atoms with van der Waals surface area (Å²) in [6, 6.07) is 6.41. The third-order valence-electron chi connectivity index (χ3n) is 4.93. The molecule has 1 N–H and O–H groups in total. The van der Waals surface area contributed by atoms with Gasteiger partial charge in [-0.2, -0.15) is 5.10 Å². The maximum Gasteiger partial charge on any atom is 0.263 e. The van der Waals surface area contributed by atoms with Crippen LogP contribution in [0.2, 0.25) is 5.02 Å². The van der Waals surface area contributed by atoms with E-state index in [1.54, 1.807) is 36.5 Å². The average molecular weight is 415 g/mol. The van der Waals surface area contributed by atoms with Crippen LogP contribution in [-0.4, -0.2) is 21.7 Å². The summed E-state index contributed by atoms with van der Waals surface area (Å²) in [5, 5.41) is 5.23. The van der Waals surface area contributed by atoms with E-state index in [-0.39, 0.29) is 11.5 Å². The van der Waals surface area contributed by atoms with Gasteiger partial charge in [-0.25, -0.2) is 10.4 Å². The summed E-state index contributed by atoms with van der Waals surface area (Å²) in [7, 11) is 0. The van der Waals surface area contributed by atoms with Gasteiger partial charge in [-0.3, -0.25) is 14.2 Å². The molecule has 0 saturated heterocycles. The predicted octanol–water partition coefficient (Wildman–Crippen LogP) is 3.70. The van der Waals surface area contributed by atoms with Gasteiger partial charge in [0.25, 0.3) is 11.5 Å². The van der Waals surface area contributed by atoms with E-state index in [0.29, 0.717) is 10.4 Å². The number of carbonyl (C=O) groups excluding carboxylic acids is 1. The maximum absolute atomic E-state index is 13.0. The van der Waals surface area contributed by atoms with Gasteiger partial charge in [0.15, 0.2) is 0 Å². The SMILES string of the molecule is C[C@@H](C(=O)N/N=C/c1cccc(Cl)c1)n1cnc2sc3c(c2c1=O)CCCC3. The van der Waals surface area contributed by atoms with Crippen LogP contribution in [0.1, 0.15) is 41.8 Å². The normalized spacial score (nSPS) is 14.9. The number of halogens is 1. The largest absolute Gasteiger partial charge is 0.286 e. The quantitative estimate of drug-likeness (QED) is 0.522. The van der Waals surface area contributed by atoms with Crippen LogP contribution >= 0.6 is 22.9 Å². The first-order valence-electron chi connectivity index (χ1n) is 9.14. The summed E-state index contributed by atoms with van der Waals surface area (Å²) in [6.07, 6.45) is 7.11. The first kappa shape index (κ1) is 18.8. The van der Waals surface area contributed by atoms with Gasteiger partial charge in [-0.05, 0) is 55.9 Å². The molecule has 1 atom stereocenters. The molecule has 0 fully saturated rings. The van der Waals surface area contributed by atoms with Gasteiger partial charge in [0.2, 0.25) is 0 Å². The van der Waals surface area contributed by atoms with E-state index in [1.165, 1.54) is 22.0 Å². The Hall–Kier alpha value is -2.51. The molecule has 28 heavy (non-hydrogen) atoms. The predicted molar refractivity (Wildman–Crippen MR) is 112 cm³/mol. The molecule has 0 aliphatic heterocycles. The van der Waals surface area contributed by atoms with Gasteiger partial charge in [-0.1, -0.05) is 23.7 Å². The number of aromatic nitrogens is 2. The minimum absolute atomic E-state index is 0.161. The van der Waals surface area contributed by atoms with E-state index in [4.69, 9.17) is 11.6 Å². The van der Waals surface area contributed by atoms with Crippen molar-refractivity contribution in [1.82, 2.24) is 15.0 Å². The maximum atomic E-state index is 13.0. The number of hydrazone groups is 1. The number of rotatable bonds is 4. The fourth-order valence-corrected chi connectivity index (χ4v) is 4.83. The Morgan fingerprint density at radius 1 is 1.39 bits per heavy atom. The van der Waals surface area contributed by atoms with Crippen LogP contribution in [0.4, 0.5) is 0 Å². The van der Waals surface area contributed by atoms with Crippen molar-refractivity contribution >= 4 is 45.3 Å². The van der Waals surface area contributed by atoms with Crippen molar-refractivity contribution in [1.29, 1.82) is 0 Å². The van der Waals surface area contributed by atoms with Crippen LogP contribution < -0.4 is 11.0 Å². The molecular formula is C20H19ClN4O2S. The van der Waals surface area contributed by atoms with Crippen molar-refractivity contribution in [2.45, 2.75) is 38.6 Å². The molecule has 1 aliphatic rings. The number of carbonyl (C=O) groups is 1. The molecule has 0 bridgehead atoms. The highest BCUT2D eigenvalue weighted by atomic mass is 35.5. The van der Waals surface area contributed by atoms with Gasteiger partial charge >= 0.3 is 0 Å². The molecule has 2 heterocycles. The highest BCUT2D eigenvalue weighted by Gasteiger charge is 2.23. The summed E-state index contributed by atoms with van der Waals surface area (Å²) in [5.41, 5.74) is 4.21. The van der Waals surface area contributed by atoms with Crippen molar-refractivity contribution in [2.24, 2.45) is 5.10 Å². The van der Waals surface area contributed by atoms with E-state index in [9.17, 15) is 9.59 Å².